The van der Waals surface area contributed by atoms with Gasteiger partial charge in [0.2, 0.25) is 0 Å². The molecule has 96 valence electrons. The van der Waals surface area contributed by atoms with Gasteiger partial charge in [0.05, 0.1) is 5.56 Å². The molecular formula is C12H9F5Si. The van der Waals surface area contributed by atoms with Crippen molar-refractivity contribution >= 4 is 9.08 Å². The van der Waals surface area contributed by atoms with Gasteiger partial charge in [-0.25, -0.2) is 21.1 Å². The van der Waals surface area contributed by atoms with E-state index in [-0.39, 0.29) is 0 Å². The standard InChI is InChI=1S/C12H9F5Si/c1-2-3-4-9-7-11(13)10(12(14)8-9)5-6-18(15,16)17/h2,7-8H,1,3-4H2. The molecular weight excluding hydrogens is 267 g/mol. The van der Waals surface area contributed by atoms with E-state index in [1.807, 2.05) is 0 Å². The molecule has 1 aromatic carbocycles. The molecule has 1 aromatic rings. The smallest absolute Gasteiger partial charge is 0.228 e. The summed E-state index contributed by atoms with van der Waals surface area (Å²) in [6.07, 6.45) is 2.48. The molecule has 0 atom stereocenters. The van der Waals surface area contributed by atoms with Gasteiger partial charge in [-0.1, -0.05) is 12.0 Å². The van der Waals surface area contributed by atoms with Crippen LogP contribution in [0.5, 0.6) is 0 Å². The predicted molar refractivity (Wildman–Crippen MR) is 60.8 cm³/mol. The predicted octanol–water partition coefficient (Wildman–Crippen LogP) is 3.82. The molecule has 0 aromatic heterocycles. The summed E-state index contributed by atoms with van der Waals surface area (Å²) in [5.41, 5.74) is 0.505. The monoisotopic (exact) mass is 276 g/mol. The van der Waals surface area contributed by atoms with Crippen LogP contribution in [0.15, 0.2) is 24.8 Å². The van der Waals surface area contributed by atoms with Gasteiger partial charge < -0.3 is 0 Å². The molecule has 0 aliphatic heterocycles. The van der Waals surface area contributed by atoms with Crippen molar-refractivity contribution in [2.24, 2.45) is 0 Å². The van der Waals surface area contributed by atoms with Gasteiger partial charge in [0.1, 0.15) is 11.6 Å². The van der Waals surface area contributed by atoms with Crippen LogP contribution < -0.4 is 0 Å². The van der Waals surface area contributed by atoms with E-state index in [1.54, 1.807) is 6.08 Å². The van der Waals surface area contributed by atoms with E-state index in [1.165, 1.54) is 5.92 Å². The second kappa shape index (κ2) is 5.82. The third-order valence-corrected chi connectivity index (χ3v) is 2.48. The van der Waals surface area contributed by atoms with Crippen molar-refractivity contribution in [3.05, 3.63) is 47.5 Å². The fourth-order valence-corrected chi connectivity index (χ4v) is 1.56. The third-order valence-electron chi connectivity index (χ3n) is 2.07. The maximum Gasteiger partial charge on any atom is 0.709 e. The van der Waals surface area contributed by atoms with Gasteiger partial charge in [-0.2, -0.15) is 0 Å². The highest BCUT2D eigenvalue weighted by Gasteiger charge is 2.34. The Morgan fingerprint density at radius 3 is 2.17 bits per heavy atom. The Morgan fingerprint density at radius 1 is 1.17 bits per heavy atom. The molecule has 0 unspecified atom stereocenters. The average Bonchev–Trinajstić information content (AvgIpc) is 2.23. The molecule has 0 N–H and O–H groups in total. The zero-order chi connectivity index (χ0) is 13.8. The van der Waals surface area contributed by atoms with Gasteiger partial charge in [0, 0.05) is 0 Å². The molecule has 6 heteroatoms. The number of hydrogen-bond acceptors (Lipinski definition) is 0. The van der Waals surface area contributed by atoms with Crippen LogP contribution in [0.4, 0.5) is 21.1 Å². The van der Waals surface area contributed by atoms with Gasteiger partial charge in [-0.3, -0.25) is 0 Å². The summed E-state index contributed by atoms with van der Waals surface area (Å²) < 4.78 is 62.7. The fraction of sp³-hybridized carbons (Fsp3) is 0.167. The molecule has 0 radical (unpaired) electrons. The fourth-order valence-electron chi connectivity index (χ4n) is 1.29. The highest BCUT2D eigenvalue weighted by atomic mass is 28.5. The molecule has 0 saturated carbocycles. The second-order valence-electron chi connectivity index (χ2n) is 3.51. The highest BCUT2D eigenvalue weighted by molar-refractivity contribution is 6.67. The molecule has 0 heterocycles. The van der Waals surface area contributed by atoms with E-state index in [0.717, 1.165) is 17.7 Å². The summed E-state index contributed by atoms with van der Waals surface area (Å²) in [5.74, 6) is -0.618. The Hall–Kier alpha value is -1.61. The Morgan fingerprint density at radius 2 is 1.72 bits per heavy atom. The SMILES string of the molecule is C=CCCc1cc(F)c(C#C[Si](F)(F)F)c(F)c1. The average molecular weight is 276 g/mol. The molecule has 0 amide bonds. The first kappa shape index (κ1) is 14.4. The van der Waals surface area contributed by atoms with Crippen LogP contribution in [0.2, 0.25) is 0 Å². The van der Waals surface area contributed by atoms with Gasteiger partial charge in [0.15, 0.2) is 0 Å². The molecule has 0 fully saturated rings. The first-order chi connectivity index (χ1) is 8.33. The number of halogens is 5. The van der Waals surface area contributed by atoms with E-state index >= 15 is 0 Å². The van der Waals surface area contributed by atoms with Crippen LogP contribution in [0.25, 0.3) is 0 Å². The summed E-state index contributed by atoms with van der Waals surface area (Å²) in [4.78, 5) is 0. The van der Waals surface area contributed by atoms with Gasteiger partial charge >= 0.3 is 9.08 Å². The van der Waals surface area contributed by atoms with Gasteiger partial charge in [-0.15, -0.1) is 6.58 Å². The molecule has 0 bridgehead atoms. The lowest BCUT2D eigenvalue weighted by Gasteiger charge is -2.02. The Labute approximate surface area is 103 Å². The topological polar surface area (TPSA) is 0 Å². The summed E-state index contributed by atoms with van der Waals surface area (Å²) in [6.45, 7) is 3.46. The molecule has 18 heavy (non-hydrogen) atoms. The lowest BCUT2D eigenvalue weighted by molar-refractivity contribution is 0.504. The molecule has 0 saturated heterocycles. The number of hydrogen-bond donors (Lipinski definition) is 0. The van der Waals surface area contributed by atoms with Crippen molar-refractivity contribution in [2.75, 3.05) is 0 Å². The lowest BCUT2D eigenvalue weighted by atomic mass is 10.1. The molecule has 1 rings (SSSR count). The summed E-state index contributed by atoms with van der Waals surface area (Å²) in [7, 11) is -6.13. The van der Waals surface area contributed by atoms with Crippen LogP contribution in [-0.4, -0.2) is 9.08 Å². The van der Waals surface area contributed by atoms with Crippen molar-refractivity contribution in [1.29, 1.82) is 0 Å². The number of rotatable bonds is 3. The molecule has 0 spiro atoms. The van der Waals surface area contributed by atoms with E-state index in [0.29, 0.717) is 18.4 Å². The van der Waals surface area contributed by atoms with Crippen LogP contribution in [-0.2, 0) is 6.42 Å². The second-order valence-corrected chi connectivity index (χ2v) is 4.76. The summed E-state index contributed by atoms with van der Waals surface area (Å²) >= 11 is 0. The highest BCUT2D eigenvalue weighted by Crippen LogP contribution is 2.16. The van der Waals surface area contributed by atoms with Crippen LogP contribution in [0.3, 0.4) is 0 Å². The van der Waals surface area contributed by atoms with Crippen molar-refractivity contribution in [3.63, 3.8) is 0 Å². The van der Waals surface area contributed by atoms with E-state index in [2.05, 4.69) is 6.58 Å². The van der Waals surface area contributed by atoms with Crippen LogP contribution in [0.1, 0.15) is 17.5 Å². The zero-order valence-corrected chi connectivity index (χ0v) is 10.2. The molecule has 0 nitrogen and oxygen atoms in total. The normalized spacial score (nSPS) is 10.7. The van der Waals surface area contributed by atoms with Crippen molar-refractivity contribution < 1.29 is 21.1 Å². The number of allylic oxidation sites excluding steroid dienone is 1. The zero-order valence-electron chi connectivity index (χ0n) is 9.24. The minimum Gasteiger partial charge on any atom is -0.228 e. The Kier molecular flexibility index (Phi) is 4.67. The third kappa shape index (κ3) is 4.34. The summed E-state index contributed by atoms with van der Waals surface area (Å²) in [5, 5.41) is 0. The first-order valence-corrected chi connectivity index (χ1v) is 6.65. The van der Waals surface area contributed by atoms with Crippen LogP contribution in [0, 0.1) is 23.1 Å². The number of aryl methyl sites for hydroxylation is 1. The van der Waals surface area contributed by atoms with Crippen LogP contribution >= 0.6 is 0 Å². The minimum absolute atomic E-state index is 0.361. The van der Waals surface area contributed by atoms with E-state index < -0.39 is 26.3 Å². The number of benzene rings is 1. The van der Waals surface area contributed by atoms with Gasteiger partial charge in [0.25, 0.3) is 0 Å². The van der Waals surface area contributed by atoms with E-state index in [9.17, 15) is 21.1 Å². The van der Waals surface area contributed by atoms with Crippen molar-refractivity contribution in [1.82, 2.24) is 0 Å². The Balaban J connectivity index is 3.07. The van der Waals surface area contributed by atoms with E-state index in [4.69, 9.17) is 0 Å². The first-order valence-electron chi connectivity index (χ1n) is 5.02. The Bertz CT molecular complexity index is 484. The largest absolute Gasteiger partial charge is 0.709 e. The summed E-state index contributed by atoms with van der Waals surface area (Å²) in [6, 6.07) is 1.99. The quantitative estimate of drug-likeness (QED) is 0.259. The maximum absolute atomic E-state index is 13.4. The molecule has 0 aliphatic carbocycles. The maximum atomic E-state index is 13.4. The molecule has 0 aliphatic rings. The minimum atomic E-state index is -6.13. The van der Waals surface area contributed by atoms with Gasteiger partial charge in [-0.05, 0) is 36.1 Å². The van der Waals surface area contributed by atoms with Crippen molar-refractivity contribution in [2.45, 2.75) is 12.8 Å². The van der Waals surface area contributed by atoms with Crippen molar-refractivity contribution in [3.8, 4) is 11.5 Å². The lowest BCUT2D eigenvalue weighted by Crippen LogP contribution is -2.11.